The number of pyridine rings is 1. The van der Waals surface area contributed by atoms with Crippen molar-refractivity contribution in [2.75, 3.05) is 11.9 Å². The monoisotopic (exact) mass is 317 g/mol. The molecule has 4 nitrogen and oxygen atoms in total. The Labute approximate surface area is 131 Å². The van der Waals surface area contributed by atoms with E-state index >= 15 is 0 Å². The highest BCUT2D eigenvalue weighted by molar-refractivity contribution is 6.31. The van der Waals surface area contributed by atoms with Gasteiger partial charge in [0.25, 0.3) is 5.56 Å². The summed E-state index contributed by atoms with van der Waals surface area (Å²) in [6.45, 7) is 0.223. The molecular weight excluding hydrogens is 305 g/mol. The van der Waals surface area contributed by atoms with Crippen molar-refractivity contribution in [3.8, 4) is 0 Å². The highest BCUT2D eigenvalue weighted by Gasteiger charge is 2.12. The zero-order valence-corrected chi connectivity index (χ0v) is 12.6. The van der Waals surface area contributed by atoms with E-state index in [0.29, 0.717) is 22.1 Å². The van der Waals surface area contributed by atoms with Crippen LogP contribution >= 0.6 is 11.6 Å². The minimum Gasteiger partial charge on any atom is -0.355 e. The molecule has 112 valence electrons. The molecule has 3 rings (SSSR count). The number of halogens is 2. The fraction of sp³-hybridized carbons (Fsp3) is 0.125. The Balaban J connectivity index is 1.99. The molecule has 22 heavy (non-hydrogen) atoms. The van der Waals surface area contributed by atoms with Crippen molar-refractivity contribution in [1.82, 2.24) is 9.38 Å². The van der Waals surface area contributed by atoms with Gasteiger partial charge in [-0.1, -0.05) is 23.7 Å². The van der Waals surface area contributed by atoms with Gasteiger partial charge in [0.05, 0.1) is 0 Å². The molecule has 0 bridgehead atoms. The molecule has 6 heteroatoms. The van der Waals surface area contributed by atoms with Gasteiger partial charge in [-0.3, -0.25) is 9.20 Å². The second-order valence-corrected chi connectivity index (χ2v) is 5.34. The lowest BCUT2D eigenvalue weighted by molar-refractivity contribution is 0.607. The number of nitrogens with zero attached hydrogens (tertiary/aromatic N) is 3. The molecule has 0 saturated carbocycles. The first kappa shape index (κ1) is 14.5. The Morgan fingerprint density at radius 2 is 2.09 bits per heavy atom. The fourth-order valence-electron chi connectivity index (χ4n) is 2.24. The highest BCUT2D eigenvalue weighted by atomic mass is 35.5. The zero-order valence-electron chi connectivity index (χ0n) is 11.8. The third kappa shape index (κ3) is 2.67. The number of anilines is 1. The maximum Gasteiger partial charge on any atom is 0.259 e. The van der Waals surface area contributed by atoms with Crippen molar-refractivity contribution in [2.45, 2.75) is 6.54 Å². The number of hydrogen-bond donors (Lipinski definition) is 0. The molecule has 0 N–H and O–H groups in total. The van der Waals surface area contributed by atoms with Crippen LogP contribution in [0.5, 0.6) is 0 Å². The summed E-state index contributed by atoms with van der Waals surface area (Å²) in [7, 11) is 1.74. The van der Waals surface area contributed by atoms with Gasteiger partial charge < -0.3 is 4.90 Å². The normalized spacial score (nSPS) is 10.9. The van der Waals surface area contributed by atoms with Gasteiger partial charge in [0, 0.05) is 36.4 Å². The Kier molecular flexibility index (Phi) is 3.81. The SMILES string of the molecule is CN(Cc1c(F)cccc1Cl)c1cc(=O)n2ccccc2n1. The van der Waals surface area contributed by atoms with E-state index in [4.69, 9.17) is 11.6 Å². The van der Waals surface area contributed by atoms with Crippen molar-refractivity contribution in [1.29, 1.82) is 0 Å². The number of aromatic nitrogens is 2. The summed E-state index contributed by atoms with van der Waals surface area (Å²) in [5.41, 5.74) is 0.727. The average Bonchev–Trinajstić information content (AvgIpc) is 2.51. The molecule has 3 aromatic rings. The van der Waals surface area contributed by atoms with Crippen LogP contribution in [0, 0.1) is 5.82 Å². The van der Waals surface area contributed by atoms with Crippen LogP contribution in [0.2, 0.25) is 5.02 Å². The molecule has 2 aromatic heterocycles. The summed E-state index contributed by atoms with van der Waals surface area (Å²) < 4.78 is 15.3. The van der Waals surface area contributed by atoms with E-state index in [1.54, 1.807) is 48.5 Å². The van der Waals surface area contributed by atoms with Crippen LogP contribution < -0.4 is 10.5 Å². The van der Waals surface area contributed by atoms with Crippen LogP contribution in [-0.4, -0.2) is 16.4 Å². The Bertz CT molecular complexity index is 874. The van der Waals surface area contributed by atoms with Crippen LogP contribution in [0.3, 0.4) is 0 Å². The van der Waals surface area contributed by atoms with Gasteiger partial charge in [0.15, 0.2) is 0 Å². The first-order valence-electron chi connectivity index (χ1n) is 6.69. The molecule has 1 aromatic carbocycles. The maximum absolute atomic E-state index is 13.9. The minimum atomic E-state index is -0.378. The van der Waals surface area contributed by atoms with Crippen LogP contribution in [0.4, 0.5) is 10.2 Å². The van der Waals surface area contributed by atoms with E-state index in [1.165, 1.54) is 16.5 Å². The third-order valence-electron chi connectivity index (χ3n) is 3.41. The molecule has 0 atom stereocenters. The lowest BCUT2D eigenvalue weighted by Gasteiger charge is -2.19. The molecule has 0 radical (unpaired) electrons. The number of benzene rings is 1. The second-order valence-electron chi connectivity index (χ2n) is 4.94. The minimum absolute atomic E-state index is 0.188. The van der Waals surface area contributed by atoms with E-state index in [0.717, 1.165) is 0 Å². The predicted octanol–water partition coefficient (Wildman–Crippen LogP) is 3.12. The van der Waals surface area contributed by atoms with Crippen molar-refractivity contribution in [3.63, 3.8) is 0 Å². The van der Waals surface area contributed by atoms with E-state index < -0.39 is 0 Å². The maximum atomic E-state index is 13.9. The summed E-state index contributed by atoms with van der Waals surface area (Å²) in [6.07, 6.45) is 1.65. The first-order chi connectivity index (χ1) is 10.6. The topological polar surface area (TPSA) is 37.6 Å². The molecular formula is C16H13ClFN3O. The van der Waals surface area contributed by atoms with E-state index in [1.807, 2.05) is 0 Å². The first-order valence-corrected chi connectivity index (χ1v) is 7.06. The summed E-state index contributed by atoms with van der Waals surface area (Å²) >= 11 is 6.03. The third-order valence-corrected chi connectivity index (χ3v) is 3.76. The highest BCUT2D eigenvalue weighted by Crippen LogP contribution is 2.22. The van der Waals surface area contributed by atoms with Crippen molar-refractivity contribution >= 4 is 23.1 Å². The zero-order chi connectivity index (χ0) is 15.7. The molecule has 0 fully saturated rings. The van der Waals surface area contributed by atoms with Crippen LogP contribution in [0.1, 0.15) is 5.56 Å². The van der Waals surface area contributed by atoms with Crippen LogP contribution in [0.15, 0.2) is 53.5 Å². The Morgan fingerprint density at radius 1 is 1.27 bits per heavy atom. The summed E-state index contributed by atoms with van der Waals surface area (Å²) in [5.74, 6) is 0.0902. The van der Waals surface area contributed by atoms with Gasteiger partial charge in [-0.2, -0.15) is 0 Å². The average molecular weight is 318 g/mol. The molecule has 0 amide bonds. The van der Waals surface area contributed by atoms with Gasteiger partial charge in [0.1, 0.15) is 17.3 Å². The largest absolute Gasteiger partial charge is 0.355 e. The van der Waals surface area contributed by atoms with Crippen LogP contribution in [-0.2, 0) is 6.54 Å². The smallest absolute Gasteiger partial charge is 0.259 e. The van der Waals surface area contributed by atoms with Gasteiger partial charge in [-0.05, 0) is 24.3 Å². The van der Waals surface area contributed by atoms with E-state index in [2.05, 4.69) is 4.98 Å². The van der Waals surface area contributed by atoms with Crippen molar-refractivity contribution in [3.05, 3.63) is 75.4 Å². The molecule has 0 saturated heterocycles. The second kappa shape index (κ2) is 5.77. The summed E-state index contributed by atoms with van der Waals surface area (Å²) in [5, 5.41) is 0.351. The van der Waals surface area contributed by atoms with Gasteiger partial charge >= 0.3 is 0 Å². The Hall–Kier alpha value is -2.40. The molecule has 0 aliphatic heterocycles. The molecule has 0 aliphatic rings. The van der Waals surface area contributed by atoms with Crippen LogP contribution in [0.25, 0.3) is 5.65 Å². The fourth-order valence-corrected chi connectivity index (χ4v) is 2.46. The Morgan fingerprint density at radius 3 is 2.86 bits per heavy atom. The number of fused-ring (bicyclic) bond motifs is 1. The molecule has 0 unspecified atom stereocenters. The van der Waals surface area contributed by atoms with Gasteiger partial charge in [-0.15, -0.1) is 0 Å². The van der Waals surface area contributed by atoms with Gasteiger partial charge in [-0.25, -0.2) is 9.37 Å². The van der Waals surface area contributed by atoms with Gasteiger partial charge in [0.2, 0.25) is 0 Å². The van der Waals surface area contributed by atoms with Crippen molar-refractivity contribution in [2.24, 2.45) is 0 Å². The molecule has 0 spiro atoms. The quantitative estimate of drug-likeness (QED) is 0.745. The molecule has 0 aliphatic carbocycles. The van der Waals surface area contributed by atoms with E-state index in [9.17, 15) is 9.18 Å². The predicted molar refractivity (Wildman–Crippen MR) is 85.0 cm³/mol. The lowest BCUT2D eigenvalue weighted by atomic mass is 10.2. The summed E-state index contributed by atoms with van der Waals surface area (Å²) in [6, 6.07) is 11.3. The lowest BCUT2D eigenvalue weighted by Crippen LogP contribution is -2.23. The summed E-state index contributed by atoms with van der Waals surface area (Å²) in [4.78, 5) is 18.2. The molecule has 2 heterocycles. The standard InChI is InChI=1S/C16H13ClFN3O/c1-20(10-11-12(17)5-4-6-13(11)18)15-9-16(22)21-8-3-2-7-14(21)19-15/h2-9H,10H2,1H3. The van der Waals surface area contributed by atoms with E-state index in [-0.39, 0.29) is 17.9 Å². The van der Waals surface area contributed by atoms with Crippen molar-refractivity contribution < 1.29 is 4.39 Å². The number of hydrogen-bond acceptors (Lipinski definition) is 3. The number of rotatable bonds is 3.